The number of guanidine groups is 1. The van der Waals surface area contributed by atoms with E-state index in [0.29, 0.717) is 12.0 Å². The normalized spacial score (nSPS) is 27.3. The van der Waals surface area contributed by atoms with Crippen molar-refractivity contribution < 1.29 is 22.1 Å². The Hall–Kier alpha value is -3.17. The summed E-state index contributed by atoms with van der Waals surface area (Å²) in [5, 5.41) is 0. The van der Waals surface area contributed by atoms with Gasteiger partial charge in [0, 0.05) is 26.5 Å². The zero-order chi connectivity index (χ0) is 23.8. The van der Waals surface area contributed by atoms with Crippen LogP contribution in [-0.4, -0.2) is 51.7 Å². The van der Waals surface area contributed by atoms with Gasteiger partial charge in [-0.3, -0.25) is 9.69 Å². The maximum absolute atomic E-state index is 13.6. The highest BCUT2D eigenvalue weighted by atomic mass is 32.2. The lowest BCUT2D eigenvalue weighted by atomic mass is 9.72. The first-order chi connectivity index (χ1) is 15.6. The maximum Gasteiger partial charge on any atom is 0.306 e. The second-order valence-electron chi connectivity index (χ2n) is 8.36. The van der Waals surface area contributed by atoms with Crippen LogP contribution in [0.15, 0.2) is 76.9 Å². The molecule has 4 rings (SSSR count). The van der Waals surface area contributed by atoms with Gasteiger partial charge in [-0.25, -0.2) is 4.99 Å². The Morgan fingerprint density at radius 3 is 2.48 bits per heavy atom. The summed E-state index contributed by atoms with van der Waals surface area (Å²) in [6.07, 6.45) is 14.2. The summed E-state index contributed by atoms with van der Waals surface area (Å²) in [5.41, 5.74) is 7.50. The van der Waals surface area contributed by atoms with Crippen LogP contribution in [0, 0.1) is 5.92 Å². The van der Waals surface area contributed by atoms with E-state index in [1.165, 1.54) is 11.0 Å². The number of rotatable bonds is 6. The molecule has 0 spiro atoms. The number of allylic oxidation sites excluding steroid dienone is 5. The standard InChI is InChI=1S/C24H27N3O5S/c1-27-22(28)24(26-23(27)25,19-10-6-12-21(15-19)32-33(3,29)30)18-9-4-7-16(13-18)17-8-5-11-20(14-17)31-2/h4-12,15,18,20H,13-14H2,1-3H3,(H2,25,26). The van der Waals surface area contributed by atoms with Crippen molar-refractivity contribution in [2.45, 2.75) is 24.5 Å². The molecule has 3 aliphatic rings. The number of carbonyl (C=O) groups excluding carboxylic acids is 1. The van der Waals surface area contributed by atoms with Crippen molar-refractivity contribution in [3.63, 3.8) is 0 Å². The first-order valence-corrected chi connectivity index (χ1v) is 12.4. The van der Waals surface area contributed by atoms with Gasteiger partial charge in [-0.15, -0.1) is 0 Å². The van der Waals surface area contributed by atoms with E-state index in [1.807, 2.05) is 30.4 Å². The number of nitrogens with two attached hydrogens (primary N) is 1. The highest BCUT2D eigenvalue weighted by Gasteiger charge is 2.53. The molecule has 0 bridgehead atoms. The van der Waals surface area contributed by atoms with Crippen LogP contribution in [0.3, 0.4) is 0 Å². The predicted molar refractivity (Wildman–Crippen MR) is 126 cm³/mol. The summed E-state index contributed by atoms with van der Waals surface area (Å²) in [6.45, 7) is 0. The van der Waals surface area contributed by atoms with E-state index in [1.54, 1.807) is 32.4 Å². The van der Waals surface area contributed by atoms with E-state index in [0.717, 1.165) is 23.8 Å². The fraction of sp³-hybridized carbons (Fsp3) is 0.333. The Kier molecular flexibility index (Phi) is 6.02. The number of carbonyl (C=O) groups is 1. The molecule has 0 radical (unpaired) electrons. The lowest BCUT2D eigenvalue weighted by Gasteiger charge is -2.35. The first kappa shape index (κ1) is 23.0. The molecule has 1 amide bonds. The molecule has 2 aliphatic carbocycles. The minimum Gasteiger partial charge on any atom is -0.383 e. The molecule has 0 saturated carbocycles. The number of hydrogen-bond acceptors (Lipinski definition) is 7. The van der Waals surface area contributed by atoms with Gasteiger partial charge in [0.05, 0.1) is 12.4 Å². The quantitative estimate of drug-likeness (QED) is 0.641. The van der Waals surface area contributed by atoms with Gasteiger partial charge in [0.2, 0.25) is 0 Å². The fourth-order valence-corrected chi connectivity index (χ4v) is 4.97. The van der Waals surface area contributed by atoms with E-state index >= 15 is 0 Å². The molecule has 3 atom stereocenters. The van der Waals surface area contributed by atoms with Crippen LogP contribution in [0.1, 0.15) is 18.4 Å². The van der Waals surface area contributed by atoms with Crippen LogP contribution in [-0.2, 0) is 25.2 Å². The van der Waals surface area contributed by atoms with Crippen LogP contribution in [0.2, 0.25) is 0 Å². The van der Waals surface area contributed by atoms with Gasteiger partial charge in [0.1, 0.15) is 5.75 Å². The molecule has 0 fully saturated rings. The average molecular weight is 470 g/mol. The van der Waals surface area contributed by atoms with Crippen molar-refractivity contribution in [1.82, 2.24) is 4.90 Å². The van der Waals surface area contributed by atoms with Crippen molar-refractivity contribution in [1.29, 1.82) is 0 Å². The third kappa shape index (κ3) is 4.38. The molecule has 0 aromatic heterocycles. The predicted octanol–water partition coefficient (Wildman–Crippen LogP) is 2.41. The number of benzene rings is 1. The van der Waals surface area contributed by atoms with Crippen LogP contribution in [0.4, 0.5) is 0 Å². The molecule has 8 nitrogen and oxygen atoms in total. The van der Waals surface area contributed by atoms with Crippen LogP contribution >= 0.6 is 0 Å². The first-order valence-electron chi connectivity index (χ1n) is 10.6. The third-order valence-electron chi connectivity index (χ3n) is 6.16. The van der Waals surface area contributed by atoms with Crippen molar-refractivity contribution in [3.8, 4) is 5.75 Å². The SMILES string of the molecule is COC1C=CC=C(C2=CC=CC(C3(c4cccc(OS(C)(=O)=O)c4)N=C(N)N(C)C3=O)C2)C1. The molecule has 0 saturated heterocycles. The summed E-state index contributed by atoms with van der Waals surface area (Å²) in [5.74, 6) is -0.392. The van der Waals surface area contributed by atoms with Crippen LogP contribution in [0.5, 0.6) is 5.75 Å². The third-order valence-corrected chi connectivity index (χ3v) is 6.66. The van der Waals surface area contributed by atoms with E-state index < -0.39 is 15.7 Å². The number of nitrogens with zero attached hydrogens (tertiary/aromatic N) is 2. The van der Waals surface area contributed by atoms with Gasteiger partial charge >= 0.3 is 10.1 Å². The van der Waals surface area contributed by atoms with E-state index in [2.05, 4.69) is 11.1 Å². The smallest absolute Gasteiger partial charge is 0.306 e. The average Bonchev–Trinajstić information content (AvgIpc) is 3.03. The number of hydrogen-bond donors (Lipinski definition) is 1. The molecule has 1 aromatic carbocycles. The zero-order valence-corrected chi connectivity index (χ0v) is 19.6. The van der Waals surface area contributed by atoms with Crippen molar-refractivity contribution in [2.24, 2.45) is 16.6 Å². The van der Waals surface area contributed by atoms with Gasteiger partial charge in [-0.05, 0) is 35.3 Å². The maximum atomic E-state index is 13.6. The zero-order valence-electron chi connectivity index (χ0n) is 18.8. The number of aliphatic imine (C=N–C) groups is 1. The molecule has 1 aliphatic heterocycles. The van der Waals surface area contributed by atoms with Gasteiger partial charge in [0.25, 0.3) is 5.91 Å². The largest absolute Gasteiger partial charge is 0.383 e. The molecule has 174 valence electrons. The van der Waals surface area contributed by atoms with Crippen molar-refractivity contribution in [2.75, 3.05) is 20.4 Å². The second kappa shape index (κ2) is 8.64. The highest BCUT2D eigenvalue weighted by molar-refractivity contribution is 7.86. The molecule has 9 heteroatoms. The summed E-state index contributed by atoms with van der Waals surface area (Å²) in [6, 6.07) is 6.47. The lowest BCUT2D eigenvalue weighted by Crippen LogP contribution is -2.44. The Balaban J connectivity index is 1.75. The minimum atomic E-state index is -3.73. The number of amides is 1. The molecule has 1 aromatic rings. The van der Waals surface area contributed by atoms with Gasteiger partial charge in [-0.1, -0.05) is 48.6 Å². The molecule has 3 unspecified atom stereocenters. The van der Waals surface area contributed by atoms with E-state index in [-0.39, 0.29) is 29.6 Å². The van der Waals surface area contributed by atoms with E-state index in [4.69, 9.17) is 14.7 Å². The summed E-state index contributed by atoms with van der Waals surface area (Å²) in [7, 11) is -0.467. The molecule has 1 heterocycles. The van der Waals surface area contributed by atoms with Crippen LogP contribution < -0.4 is 9.92 Å². The Bertz CT molecular complexity index is 1230. The molecular formula is C24H27N3O5S. The Labute approximate surface area is 193 Å². The molecule has 33 heavy (non-hydrogen) atoms. The fourth-order valence-electron chi connectivity index (χ4n) is 4.52. The minimum absolute atomic E-state index is 0.00181. The number of methoxy groups -OCH3 is 1. The highest BCUT2D eigenvalue weighted by Crippen LogP contribution is 2.46. The van der Waals surface area contributed by atoms with Gasteiger partial charge in [-0.2, -0.15) is 8.42 Å². The van der Waals surface area contributed by atoms with Crippen molar-refractivity contribution >= 4 is 22.0 Å². The summed E-state index contributed by atoms with van der Waals surface area (Å²) >= 11 is 0. The Morgan fingerprint density at radius 1 is 1.15 bits per heavy atom. The topological polar surface area (TPSA) is 111 Å². The number of likely N-dealkylation sites (N-methyl/N-ethyl adjacent to an activating group) is 1. The van der Waals surface area contributed by atoms with Crippen LogP contribution in [0.25, 0.3) is 0 Å². The van der Waals surface area contributed by atoms with E-state index in [9.17, 15) is 13.2 Å². The Morgan fingerprint density at radius 2 is 1.85 bits per heavy atom. The number of ether oxygens (including phenoxy) is 1. The molecule has 2 N–H and O–H groups in total. The van der Waals surface area contributed by atoms with Crippen molar-refractivity contribution in [3.05, 3.63) is 77.4 Å². The molecular weight excluding hydrogens is 442 g/mol. The summed E-state index contributed by atoms with van der Waals surface area (Å²) < 4.78 is 33.9. The summed E-state index contributed by atoms with van der Waals surface area (Å²) in [4.78, 5) is 19.6. The lowest BCUT2D eigenvalue weighted by molar-refractivity contribution is -0.132. The van der Waals surface area contributed by atoms with Gasteiger partial charge in [0.15, 0.2) is 11.5 Å². The monoisotopic (exact) mass is 469 g/mol. The second-order valence-corrected chi connectivity index (χ2v) is 9.93. The van der Waals surface area contributed by atoms with Gasteiger partial charge < -0.3 is 14.7 Å².